The van der Waals surface area contributed by atoms with Crippen molar-refractivity contribution in [2.75, 3.05) is 5.32 Å². The first-order valence-electron chi connectivity index (χ1n) is 7.81. The summed E-state index contributed by atoms with van der Waals surface area (Å²) < 4.78 is 0.386. The van der Waals surface area contributed by atoms with Crippen LogP contribution in [0.2, 0.25) is 0 Å². The van der Waals surface area contributed by atoms with Crippen LogP contribution in [0, 0.1) is 4.64 Å². The van der Waals surface area contributed by atoms with Gasteiger partial charge in [0, 0.05) is 30.6 Å². The van der Waals surface area contributed by atoms with Crippen LogP contribution in [0.3, 0.4) is 0 Å². The standard InChI is InChI=1S/C18H16N4O2S2/c1-11(23)20-9-12-4-6-13(7-5-12)15-10-26-18(21-15)22-16(24)14-3-2-8-19-17(14)25/h2-8,10H,9H2,1H3,(H,19,25)(H,20,23)(H,21,22,24). The highest BCUT2D eigenvalue weighted by atomic mass is 32.1. The van der Waals surface area contributed by atoms with Crippen LogP contribution in [-0.4, -0.2) is 21.8 Å². The molecule has 0 spiro atoms. The molecule has 0 bridgehead atoms. The number of nitrogens with zero attached hydrogens (tertiary/aromatic N) is 1. The van der Waals surface area contributed by atoms with E-state index in [0.29, 0.717) is 21.9 Å². The fourth-order valence-corrected chi connectivity index (χ4v) is 3.19. The minimum atomic E-state index is -0.293. The van der Waals surface area contributed by atoms with Crippen molar-refractivity contribution >= 4 is 40.5 Å². The lowest BCUT2D eigenvalue weighted by molar-refractivity contribution is -0.119. The molecule has 0 aliphatic rings. The molecule has 3 aromatic rings. The van der Waals surface area contributed by atoms with E-state index in [0.717, 1.165) is 16.8 Å². The number of anilines is 1. The second kappa shape index (κ2) is 8.03. The Morgan fingerprint density at radius 2 is 2.00 bits per heavy atom. The Kier molecular flexibility index (Phi) is 5.55. The summed E-state index contributed by atoms with van der Waals surface area (Å²) >= 11 is 6.46. The Hall–Kier alpha value is -2.84. The predicted octanol–water partition coefficient (Wildman–Crippen LogP) is 3.76. The number of aromatic amines is 1. The fourth-order valence-electron chi connectivity index (χ4n) is 2.25. The highest BCUT2D eigenvalue weighted by Gasteiger charge is 2.11. The van der Waals surface area contributed by atoms with Crippen LogP contribution < -0.4 is 10.6 Å². The van der Waals surface area contributed by atoms with Crippen LogP contribution in [0.5, 0.6) is 0 Å². The summed E-state index contributed by atoms with van der Waals surface area (Å²) in [6.07, 6.45) is 1.68. The van der Waals surface area contributed by atoms with E-state index in [1.54, 1.807) is 18.3 Å². The van der Waals surface area contributed by atoms with E-state index in [4.69, 9.17) is 12.2 Å². The number of amides is 2. The molecule has 26 heavy (non-hydrogen) atoms. The number of thiazole rings is 1. The van der Waals surface area contributed by atoms with Gasteiger partial charge in [0.15, 0.2) is 5.13 Å². The molecular weight excluding hydrogens is 368 g/mol. The van der Waals surface area contributed by atoms with Gasteiger partial charge in [-0.15, -0.1) is 11.3 Å². The molecule has 2 aromatic heterocycles. The lowest BCUT2D eigenvalue weighted by Crippen LogP contribution is -2.18. The first-order chi connectivity index (χ1) is 12.5. The molecule has 0 aliphatic heterocycles. The van der Waals surface area contributed by atoms with Crippen molar-refractivity contribution in [2.24, 2.45) is 0 Å². The van der Waals surface area contributed by atoms with Gasteiger partial charge in [0.2, 0.25) is 5.91 Å². The quantitative estimate of drug-likeness (QED) is 0.585. The van der Waals surface area contributed by atoms with Crippen LogP contribution in [0.1, 0.15) is 22.8 Å². The van der Waals surface area contributed by atoms with Crippen molar-refractivity contribution in [1.29, 1.82) is 0 Å². The number of nitrogens with one attached hydrogen (secondary N) is 3. The monoisotopic (exact) mass is 384 g/mol. The van der Waals surface area contributed by atoms with Crippen molar-refractivity contribution in [1.82, 2.24) is 15.3 Å². The maximum atomic E-state index is 12.3. The number of aromatic nitrogens is 2. The van der Waals surface area contributed by atoms with Crippen molar-refractivity contribution in [3.63, 3.8) is 0 Å². The normalized spacial score (nSPS) is 10.3. The van der Waals surface area contributed by atoms with Crippen molar-refractivity contribution in [2.45, 2.75) is 13.5 Å². The molecule has 2 heterocycles. The topological polar surface area (TPSA) is 86.9 Å². The second-order valence-electron chi connectivity index (χ2n) is 5.51. The largest absolute Gasteiger partial charge is 0.352 e. The van der Waals surface area contributed by atoms with Gasteiger partial charge in [0.1, 0.15) is 4.64 Å². The number of pyridine rings is 1. The third-order valence-electron chi connectivity index (χ3n) is 3.58. The smallest absolute Gasteiger partial charge is 0.260 e. The summed E-state index contributed by atoms with van der Waals surface area (Å²) in [7, 11) is 0. The molecule has 0 saturated heterocycles. The van der Waals surface area contributed by atoms with E-state index in [2.05, 4.69) is 20.6 Å². The predicted molar refractivity (Wildman–Crippen MR) is 105 cm³/mol. The number of benzene rings is 1. The number of H-pyrrole nitrogens is 1. The van der Waals surface area contributed by atoms with Gasteiger partial charge in [-0.25, -0.2) is 4.98 Å². The number of rotatable bonds is 5. The molecule has 0 atom stereocenters. The molecule has 0 aliphatic carbocycles. The van der Waals surface area contributed by atoms with Gasteiger partial charge in [0.25, 0.3) is 5.91 Å². The maximum Gasteiger partial charge on any atom is 0.260 e. The summed E-state index contributed by atoms with van der Waals surface area (Å²) in [6.45, 7) is 1.98. The van der Waals surface area contributed by atoms with E-state index in [-0.39, 0.29) is 11.8 Å². The van der Waals surface area contributed by atoms with Crippen LogP contribution in [0.15, 0.2) is 48.0 Å². The van der Waals surface area contributed by atoms with Gasteiger partial charge >= 0.3 is 0 Å². The number of hydrogen-bond acceptors (Lipinski definition) is 5. The minimum absolute atomic E-state index is 0.0628. The number of hydrogen-bond donors (Lipinski definition) is 3. The first-order valence-corrected chi connectivity index (χ1v) is 9.10. The number of carbonyl (C=O) groups is 2. The minimum Gasteiger partial charge on any atom is -0.352 e. The second-order valence-corrected chi connectivity index (χ2v) is 6.78. The van der Waals surface area contributed by atoms with Crippen LogP contribution in [0.25, 0.3) is 11.3 Å². The lowest BCUT2D eigenvalue weighted by Gasteiger charge is -2.03. The molecule has 0 radical (unpaired) electrons. The van der Waals surface area contributed by atoms with E-state index >= 15 is 0 Å². The number of carbonyl (C=O) groups excluding carboxylic acids is 2. The SMILES string of the molecule is CC(=O)NCc1ccc(-c2csc(NC(=O)c3ccc[nH]c3=S)n2)cc1. The van der Waals surface area contributed by atoms with Gasteiger partial charge in [-0.1, -0.05) is 36.5 Å². The highest BCUT2D eigenvalue weighted by molar-refractivity contribution is 7.71. The summed E-state index contributed by atoms with van der Waals surface area (Å²) in [6, 6.07) is 11.1. The average Bonchev–Trinajstić information content (AvgIpc) is 3.09. The Balaban J connectivity index is 1.70. The van der Waals surface area contributed by atoms with Crippen LogP contribution in [0.4, 0.5) is 5.13 Å². The zero-order valence-corrected chi connectivity index (χ0v) is 15.5. The third-order valence-corrected chi connectivity index (χ3v) is 4.67. The first kappa shape index (κ1) is 18.0. The lowest BCUT2D eigenvalue weighted by atomic mass is 10.1. The molecule has 0 unspecified atom stereocenters. The molecule has 0 saturated carbocycles. The van der Waals surface area contributed by atoms with Gasteiger partial charge in [-0.3, -0.25) is 14.9 Å². The van der Waals surface area contributed by atoms with Crippen LogP contribution in [-0.2, 0) is 11.3 Å². The van der Waals surface area contributed by atoms with Gasteiger partial charge in [-0.05, 0) is 17.7 Å². The average molecular weight is 384 g/mol. The Morgan fingerprint density at radius 3 is 2.69 bits per heavy atom. The molecule has 0 fully saturated rings. The Labute approximate surface area is 159 Å². The molecule has 132 valence electrons. The summed E-state index contributed by atoms with van der Waals surface area (Å²) in [5, 5.41) is 7.91. The van der Waals surface area contributed by atoms with Crippen molar-refractivity contribution in [3.05, 3.63) is 63.7 Å². The van der Waals surface area contributed by atoms with Gasteiger partial charge in [-0.2, -0.15) is 0 Å². The van der Waals surface area contributed by atoms with Crippen molar-refractivity contribution < 1.29 is 9.59 Å². The Bertz CT molecular complexity index is 993. The molecule has 8 heteroatoms. The maximum absolute atomic E-state index is 12.3. The third kappa shape index (κ3) is 4.41. The van der Waals surface area contributed by atoms with E-state index < -0.39 is 0 Å². The van der Waals surface area contributed by atoms with Crippen LogP contribution >= 0.6 is 23.6 Å². The molecular formula is C18H16N4O2S2. The summed E-state index contributed by atoms with van der Waals surface area (Å²) in [5.74, 6) is -0.356. The molecule has 3 N–H and O–H groups in total. The molecule has 1 aromatic carbocycles. The summed E-state index contributed by atoms with van der Waals surface area (Å²) in [4.78, 5) is 30.5. The van der Waals surface area contributed by atoms with Gasteiger partial charge in [0.05, 0.1) is 11.3 Å². The molecule has 3 rings (SSSR count). The highest BCUT2D eigenvalue weighted by Crippen LogP contribution is 2.25. The van der Waals surface area contributed by atoms with E-state index in [1.807, 2.05) is 29.6 Å². The zero-order chi connectivity index (χ0) is 18.5. The van der Waals surface area contributed by atoms with E-state index in [9.17, 15) is 9.59 Å². The van der Waals surface area contributed by atoms with E-state index in [1.165, 1.54) is 18.3 Å². The van der Waals surface area contributed by atoms with Crippen molar-refractivity contribution in [3.8, 4) is 11.3 Å². The molecule has 2 amide bonds. The molecule has 6 nitrogen and oxygen atoms in total. The Morgan fingerprint density at radius 1 is 1.23 bits per heavy atom. The fraction of sp³-hybridized carbons (Fsp3) is 0.111. The summed E-state index contributed by atoms with van der Waals surface area (Å²) in [5.41, 5.74) is 3.12. The van der Waals surface area contributed by atoms with Gasteiger partial charge < -0.3 is 10.3 Å². The zero-order valence-electron chi connectivity index (χ0n) is 13.9.